The van der Waals surface area contributed by atoms with E-state index in [1.807, 2.05) is 0 Å². The van der Waals surface area contributed by atoms with Gasteiger partial charge in [-0.25, -0.2) is 14.3 Å². The maximum absolute atomic E-state index is 11.3. The fraction of sp³-hybridized carbons (Fsp3) is 0.700. The average molecular weight is 243 g/mol. The second-order valence-corrected chi connectivity index (χ2v) is 3.61. The molecule has 0 spiro atoms. The summed E-state index contributed by atoms with van der Waals surface area (Å²) in [5.74, 6) is -0.660. The van der Waals surface area contributed by atoms with Gasteiger partial charge < -0.3 is 9.57 Å². The van der Waals surface area contributed by atoms with Gasteiger partial charge in [-0.05, 0) is 6.92 Å². The van der Waals surface area contributed by atoms with E-state index in [9.17, 15) is 4.79 Å². The number of hydrogen-bond donors (Lipinski definition) is 1. The molecule has 17 heavy (non-hydrogen) atoms. The summed E-state index contributed by atoms with van der Waals surface area (Å²) in [7, 11) is 7.12. The normalized spacial score (nSPS) is 11.1. The van der Waals surface area contributed by atoms with Gasteiger partial charge in [-0.2, -0.15) is 5.26 Å². The van der Waals surface area contributed by atoms with Crippen molar-refractivity contribution in [3.8, 4) is 6.07 Å². The third-order valence-corrected chi connectivity index (χ3v) is 1.68. The van der Waals surface area contributed by atoms with E-state index < -0.39 is 12.0 Å². The SMILES string of the molecule is CCOC(=O)C(C#N)NOC(N(C)C)=[N+](C)C. The van der Waals surface area contributed by atoms with Gasteiger partial charge in [-0.3, -0.25) is 0 Å². The molecule has 7 nitrogen and oxygen atoms in total. The predicted octanol–water partition coefficient (Wildman–Crippen LogP) is -0.847. The summed E-state index contributed by atoms with van der Waals surface area (Å²) in [6, 6.07) is 1.08. The molecule has 0 aromatic carbocycles. The van der Waals surface area contributed by atoms with Gasteiger partial charge in [0.25, 0.3) is 0 Å². The first-order valence-electron chi connectivity index (χ1n) is 5.14. The average Bonchev–Trinajstić information content (AvgIpc) is 2.23. The molecule has 0 fully saturated rings. The van der Waals surface area contributed by atoms with E-state index in [0.717, 1.165) is 0 Å². The number of esters is 1. The molecule has 0 rings (SSSR count). The Bertz CT molecular complexity index is 329. The van der Waals surface area contributed by atoms with Gasteiger partial charge in [0.1, 0.15) is 0 Å². The molecular formula is C10H19N4O3+. The lowest BCUT2D eigenvalue weighted by atomic mass is 10.4. The number of rotatable bonds is 4. The second kappa shape index (κ2) is 7.46. The fourth-order valence-electron chi connectivity index (χ4n) is 1.05. The lowest BCUT2D eigenvalue weighted by Gasteiger charge is -2.14. The fourth-order valence-corrected chi connectivity index (χ4v) is 1.05. The molecule has 7 heteroatoms. The first-order valence-corrected chi connectivity index (χ1v) is 5.14. The van der Waals surface area contributed by atoms with Crippen LogP contribution in [0.15, 0.2) is 0 Å². The van der Waals surface area contributed by atoms with Crippen molar-refractivity contribution in [2.45, 2.75) is 13.0 Å². The van der Waals surface area contributed by atoms with Crippen molar-refractivity contribution >= 4 is 12.0 Å². The summed E-state index contributed by atoms with van der Waals surface area (Å²) < 4.78 is 6.41. The Kier molecular flexibility index (Phi) is 6.67. The lowest BCUT2D eigenvalue weighted by Crippen LogP contribution is -2.43. The van der Waals surface area contributed by atoms with Gasteiger partial charge in [-0.1, -0.05) is 0 Å². The van der Waals surface area contributed by atoms with Crippen molar-refractivity contribution in [3.05, 3.63) is 0 Å². The zero-order valence-corrected chi connectivity index (χ0v) is 10.9. The van der Waals surface area contributed by atoms with Gasteiger partial charge in [-0.15, -0.1) is 5.48 Å². The smallest absolute Gasteiger partial charge is 0.464 e. The molecule has 0 radical (unpaired) electrons. The summed E-state index contributed by atoms with van der Waals surface area (Å²) in [5, 5.41) is 8.78. The maximum Gasteiger partial charge on any atom is 0.464 e. The molecule has 1 N–H and O–H groups in total. The number of carbonyl (C=O) groups excluding carboxylic acids is 1. The van der Waals surface area contributed by atoms with Crippen LogP contribution in [0.2, 0.25) is 0 Å². The van der Waals surface area contributed by atoms with Crippen LogP contribution in [-0.4, -0.2) is 62.3 Å². The monoisotopic (exact) mass is 243 g/mol. The Morgan fingerprint density at radius 2 is 2.12 bits per heavy atom. The molecule has 0 aromatic heterocycles. The molecule has 0 amide bonds. The molecule has 1 unspecified atom stereocenters. The number of nitrogens with zero attached hydrogens (tertiary/aromatic N) is 3. The van der Waals surface area contributed by atoms with Crippen LogP contribution in [-0.2, 0) is 14.4 Å². The minimum atomic E-state index is -1.15. The largest absolute Gasteiger partial charge is 0.464 e. The number of carbonyl (C=O) groups is 1. The summed E-state index contributed by atoms with van der Waals surface area (Å²) in [6.07, 6.45) is 0. The zero-order chi connectivity index (χ0) is 13.4. The second-order valence-electron chi connectivity index (χ2n) is 3.61. The highest BCUT2D eigenvalue weighted by Gasteiger charge is 2.23. The first kappa shape index (κ1) is 15.2. The van der Waals surface area contributed by atoms with Crippen LogP contribution in [0.5, 0.6) is 0 Å². The number of amidine groups is 1. The van der Waals surface area contributed by atoms with Gasteiger partial charge in [0, 0.05) is 0 Å². The molecule has 0 saturated carbocycles. The molecule has 0 aromatic rings. The van der Waals surface area contributed by atoms with Gasteiger partial charge in [0.05, 0.1) is 40.9 Å². The Morgan fingerprint density at radius 3 is 2.47 bits per heavy atom. The van der Waals surface area contributed by atoms with E-state index in [1.165, 1.54) is 0 Å². The van der Waals surface area contributed by atoms with Crippen molar-refractivity contribution in [2.24, 2.45) is 0 Å². The van der Waals surface area contributed by atoms with Crippen LogP contribution in [0.3, 0.4) is 0 Å². The molecule has 0 aliphatic heterocycles. The highest BCUT2D eigenvalue weighted by Crippen LogP contribution is 1.90. The molecule has 0 aliphatic carbocycles. The maximum atomic E-state index is 11.3. The quantitative estimate of drug-likeness (QED) is 0.228. The summed E-state index contributed by atoms with van der Waals surface area (Å²) in [6.45, 7) is 1.89. The summed E-state index contributed by atoms with van der Waals surface area (Å²) in [5.41, 5.74) is 2.36. The Morgan fingerprint density at radius 1 is 1.53 bits per heavy atom. The molecular weight excluding hydrogens is 224 g/mol. The number of hydroxylamine groups is 1. The van der Waals surface area contributed by atoms with Crippen LogP contribution in [0.25, 0.3) is 0 Å². The number of ether oxygens (including phenoxy) is 1. The van der Waals surface area contributed by atoms with E-state index in [0.29, 0.717) is 6.02 Å². The summed E-state index contributed by atoms with van der Waals surface area (Å²) >= 11 is 0. The Labute approximate surface area is 101 Å². The minimum Gasteiger partial charge on any atom is -0.464 e. The number of nitrogens with one attached hydrogen (secondary N) is 1. The van der Waals surface area contributed by atoms with Crippen molar-refractivity contribution < 1.29 is 18.9 Å². The Hall–Kier alpha value is -1.81. The zero-order valence-electron chi connectivity index (χ0n) is 10.9. The van der Waals surface area contributed by atoms with Crippen molar-refractivity contribution in [3.63, 3.8) is 0 Å². The number of hydrogen-bond acceptors (Lipinski definition) is 5. The van der Waals surface area contributed by atoms with Crippen molar-refractivity contribution in [1.29, 1.82) is 5.26 Å². The molecule has 0 heterocycles. The van der Waals surface area contributed by atoms with Gasteiger partial charge in [0.15, 0.2) is 0 Å². The molecule has 0 bridgehead atoms. The Balaban J connectivity index is 4.48. The molecule has 0 aliphatic rings. The summed E-state index contributed by atoms with van der Waals surface area (Å²) in [4.78, 5) is 18.2. The standard InChI is InChI=1S/C10H19N4O3/c1-6-16-9(15)8(7-11)12-17-10(13(2)3)14(4)5/h8,12H,6H2,1-5H3/q+1. The molecule has 0 saturated heterocycles. The van der Waals surface area contributed by atoms with Crippen LogP contribution < -0.4 is 5.48 Å². The van der Waals surface area contributed by atoms with Crippen molar-refractivity contribution in [2.75, 3.05) is 34.8 Å². The van der Waals surface area contributed by atoms with Crippen LogP contribution in [0.4, 0.5) is 0 Å². The van der Waals surface area contributed by atoms with E-state index in [1.54, 1.807) is 50.7 Å². The van der Waals surface area contributed by atoms with Gasteiger partial charge in [0.2, 0.25) is 6.04 Å². The third kappa shape index (κ3) is 5.17. The lowest BCUT2D eigenvalue weighted by molar-refractivity contribution is -0.482. The van der Waals surface area contributed by atoms with Crippen molar-refractivity contribution in [1.82, 2.24) is 10.4 Å². The van der Waals surface area contributed by atoms with Gasteiger partial charge >= 0.3 is 12.0 Å². The first-order chi connectivity index (χ1) is 7.93. The predicted molar refractivity (Wildman–Crippen MR) is 61.1 cm³/mol. The highest BCUT2D eigenvalue weighted by molar-refractivity contribution is 5.79. The molecule has 1 atom stereocenters. The third-order valence-electron chi connectivity index (χ3n) is 1.68. The van der Waals surface area contributed by atoms with E-state index in [-0.39, 0.29) is 6.61 Å². The molecule has 96 valence electrons. The van der Waals surface area contributed by atoms with Crippen LogP contribution >= 0.6 is 0 Å². The minimum absolute atomic E-state index is 0.219. The topological polar surface area (TPSA) is 77.6 Å². The van der Waals surface area contributed by atoms with E-state index in [4.69, 9.17) is 14.8 Å². The van der Waals surface area contributed by atoms with E-state index in [2.05, 4.69) is 5.48 Å². The number of nitriles is 1. The van der Waals surface area contributed by atoms with Crippen LogP contribution in [0.1, 0.15) is 6.92 Å². The highest BCUT2D eigenvalue weighted by atomic mass is 16.7. The van der Waals surface area contributed by atoms with E-state index >= 15 is 0 Å². The van der Waals surface area contributed by atoms with Crippen LogP contribution in [0, 0.1) is 11.3 Å².